The minimum atomic E-state index is -0.540. The quantitative estimate of drug-likeness (QED) is 0.782. The molecule has 0 spiro atoms. The Balaban J connectivity index is 1.68. The fourth-order valence-corrected chi connectivity index (χ4v) is 2.82. The zero-order valence-corrected chi connectivity index (χ0v) is 12.1. The van der Waals surface area contributed by atoms with Crippen LogP contribution in [0.5, 0.6) is 0 Å². The third-order valence-electron chi connectivity index (χ3n) is 3.78. The number of nitrogens with one attached hydrogen (secondary N) is 1. The standard InChI is InChI=1S/C14H26N4O/c1-17(12-14(19)6-4-7-15-11-14)8-3-5-13-9-16-18(2)10-13/h9-10,15,19H,3-8,11-12H2,1-2H3/t14-/m0/s1. The average Bonchev–Trinajstić information content (AvgIpc) is 2.75. The summed E-state index contributed by atoms with van der Waals surface area (Å²) in [5.74, 6) is 0. The predicted molar refractivity (Wildman–Crippen MR) is 76.1 cm³/mol. The lowest BCUT2D eigenvalue weighted by Gasteiger charge is -2.36. The molecule has 2 heterocycles. The molecule has 0 bridgehead atoms. The summed E-state index contributed by atoms with van der Waals surface area (Å²) < 4.78 is 1.84. The van der Waals surface area contributed by atoms with Crippen LogP contribution in [-0.2, 0) is 13.5 Å². The molecule has 2 rings (SSSR count). The van der Waals surface area contributed by atoms with Gasteiger partial charge in [-0.1, -0.05) is 0 Å². The predicted octanol–water partition coefficient (Wildman–Crippen LogP) is 0.399. The number of aliphatic hydroxyl groups is 1. The molecule has 1 aromatic rings. The molecule has 5 nitrogen and oxygen atoms in total. The van der Waals surface area contributed by atoms with Gasteiger partial charge in [-0.2, -0.15) is 5.10 Å². The van der Waals surface area contributed by atoms with Crippen LogP contribution in [0, 0.1) is 0 Å². The van der Waals surface area contributed by atoms with E-state index in [1.165, 1.54) is 5.56 Å². The zero-order chi connectivity index (χ0) is 13.7. The van der Waals surface area contributed by atoms with Crippen LogP contribution in [-0.4, -0.2) is 58.6 Å². The summed E-state index contributed by atoms with van der Waals surface area (Å²) in [4.78, 5) is 2.24. The Hall–Kier alpha value is -0.910. The first kappa shape index (κ1) is 14.5. The topological polar surface area (TPSA) is 53.3 Å². The molecule has 1 aliphatic rings. The van der Waals surface area contributed by atoms with Crippen molar-refractivity contribution < 1.29 is 5.11 Å². The highest BCUT2D eigenvalue weighted by Gasteiger charge is 2.30. The number of piperidine rings is 1. The van der Waals surface area contributed by atoms with Gasteiger partial charge in [0.25, 0.3) is 0 Å². The van der Waals surface area contributed by atoms with Gasteiger partial charge >= 0.3 is 0 Å². The lowest BCUT2D eigenvalue weighted by atomic mass is 9.93. The molecule has 0 unspecified atom stereocenters. The molecule has 0 aromatic carbocycles. The first-order valence-electron chi connectivity index (χ1n) is 7.17. The van der Waals surface area contributed by atoms with Crippen molar-refractivity contribution in [2.75, 3.05) is 33.2 Å². The third kappa shape index (κ3) is 4.60. The Bertz CT molecular complexity index is 385. The molecule has 19 heavy (non-hydrogen) atoms. The van der Waals surface area contributed by atoms with Crippen LogP contribution in [0.15, 0.2) is 12.4 Å². The van der Waals surface area contributed by atoms with Crippen LogP contribution in [0.2, 0.25) is 0 Å². The number of aryl methyl sites for hydroxylation is 2. The van der Waals surface area contributed by atoms with Crippen LogP contribution >= 0.6 is 0 Å². The smallest absolute Gasteiger partial charge is 0.0897 e. The van der Waals surface area contributed by atoms with E-state index in [-0.39, 0.29) is 0 Å². The lowest BCUT2D eigenvalue weighted by Crippen LogP contribution is -2.52. The van der Waals surface area contributed by atoms with Crippen molar-refractivity contribution in [2.45, 2.75) is 31.3 Å². The molecule has 1 fully saturated rings. The van der Waals surface area contributed by atoms with Crippen LogP contribution in [0.4, 0.5) is 0 Å². The van der Waals surface area contributed by atoms with Gasteiger partial charge in [-0.15, -0.1) is 0 Å². The lowest BCUT2D eigenvalue weighted by molar-refractivity contribution is -0.00972. The first-order valence-corrected chi connectivity index (χ1v) is 7.17. The van der Waals surface area contributed by atoms with Gasteiger partial charge in [0, 0.05) is 26.3 Å². The molecule has 1 atom stereocenters. The van der Waals surface area contributed by atoms with Crippen LogP contribution in [0.1, 0.15) is 24.8 Å². The van der Waals surface area contributed by atoms with Gasteiger partial charge in [0.1, 0.15) is 0 Å². The van der Waals surface area contributed by atoms with Crippen molar-refractivity contribution in [1.82, 2.24) is 20.0 Å². The maximum atomic E-state index is 10.4. The highest BCUT2D eigenvalue weighted by molar-refractivity contribution is 5.03. The Morgan fingerprint density at radius 3 is 3.05 bits per heavy atom. The molecule has 1 aliphatic heterocycles. The highest BCUT2D eigenvalue weighted by atomic mass is 16.3. The van der Waals surface area contributed by atoms with Crippen LogP contribution in [0.3, 0.4) is 0 Å². The molecule has 0 aliphatic carbocycles. The second-order valence-electron chi connectivity index (χ2n) is 5.87. The van der Waals surface area contributed by atoms with E-state index < -0.39 is 5.60 Å². The van der Waals surface area contributed by atoms with Crippen molar-refractivity contribution in [2.24, 2.45) is 7.05 Å². The average molecular weight is 266 g/mol. The Kier molecular flexibility index (Phi) is 4.96. The summed E-state index contributed by atoms with van der Waals surface area (Å²) >= 11 is 0. The Morgan fingerprint density at radius 2 is 2.42 bits per heavy atom. The fraction of sp³-hybridized carbons (Fsp3) is 0.786. The fourth-order valence-electron chi connectivity index (χ4n) is 2.82. The summed E-state index contributed by atoms with van der Waals surface area (Å²) in [6.07, 6.45) is 8.13. The van der Waals surface area contributed by atoms with Gasteiger partial charge in [-0.25, -0.2) is 0 Å². The van der Waals surface area contributed by atoms with Gasteiger partial charge in [0.2, 0.25) is 0 Å². The van der Waals surface area contributed by atoms with Gasteiger partial charge in [0.15, 0.2) is 0 Å². The van der Waals surface area contributed by atoms with Crippen molar-refractivity contribution in [3.8, 4) is 0 Å². The van der Waals surface area contributed by atoms with E-state index in [0.29, 0.717) is 0 Å². The van der Waals surface area contributed by atoms with Crippen LogP contribution in [0.25, 0.3) is 0 Å². The van der Waals surface area contributed by atoms with Crippen molar-refractivity contribution in [1.29, 1.82) is 0 Å². The summed E-state index contributed by atoms with van der Waals surface area (Å²) in [7, 11) is 4.04. The largest absolute Gasteiger partial charge is 0.387 e. The normalized spacial score (nSPS) is 24.0. The van der Waals surface area contributed by atoms with Gasteiger partial charge in [-0.05, 0) is 51.4 Å². The van der Waals surface area contributed by atoms with E-state index >= 15 is 0 Å². The Labute approximate surface area is 115 Å². The van der Waals surface area contributed by atoms with Crippen molar-refractivity contribution in [3.63, 3.8) is 0 Å². The number of nitrogens with zero attached hydrogens (tertiary/aromatic N) is 3. The van der Waals surface area contributed by atoms with Gasteiger partial charge in [0.05, 0.1) is 11.8 Å². The molecule has 5 heteroatoms. The molecule has 0 amide bonds. The first-order chi connectivity index (χ1) is 9.07. The minimum absolute atomic E-state index is 0.540. The maximum Gasteiger partial charge on any atom is 0.0897 e. The molecule has 2 N–H and O–H groups in total. The minimum Gasteiger partial charge on any atom is -0.387 e. The maximum absolute atomic E-state index is 10.4. The molecule has 1 aromatic heterocycles. The zero-order valence-electron chi connectivity index (χ0n) is 12.1. The van der Waals surface area contributed by atoms with Crippen molar-refractivity contribution >= 4 is 0 Å². The molecule has 1 saturated heterocycles. The number of hydrogen-bond acceptors (Lipinski definition) is 4. The monoisotopic (exact) mass is 266 g/mol. The van der Waals surface area contributed by atoms with Gasteiger partial charge in [-0.3, -0.25) is 4.68 Å². The van der Waals surface area contributed by atoms with Crippen LogP contribution < -0.4 is 5.32 Å². The van der Waals surface area contributed by atoms with Crippen molar-refractivity contribution in [3.05, 3.63) is 18.0 Å². The Morgan fingerprint density at radius 1 is 1.58 bits per heavy atom. The summed E-state index contributed by atoms with van der Waals surface area (Å²) in [5.41, 5.74) is 0.746. The van der Waals surface area contributed by atoms with E-state index in [0.717, 1.165) is 51.9 Å². The third-order valence-corrected chi connectivity index (χ3v) is 3.78. The molecule has 0 radical (unpaired) electrons. The SMILES string of the molecule is CN(CCCc1cnn(C)c1)C[C@]1(O)CCCNC1. The molecular weight excluding hydrogens is 240 g/mol. The number of rotatable bonds is 6. The van der Waals surface area contributed by atoms with E-state index in [1.54, 1.807) is 0 Å². The number of likely N-dealkylation sites (N-methyl/N-ethyl adjacent to an activating group) is 1. The molecular formula is C14H26N4O. The van der Waals surface area contributed by atoms with E-state index in [9.17, 15) is 5.11 Å². The van der Waals surface area contributed by atoms with Gasteiger partial charge < -0.3 is 15.3 Å². The van der Waals surface area contributed by atoms with E-state index in [2.05, 4.69) is 28.6 Å². The summed E-state index contributed by atoms with van der Waals surface area (Å²) in [5, 5.41) is 17.9. The van der Waals surface area contributed by atoms with E-state index in [1.807, 2.05) is 17.9 Å². The van der Waals surface area contributed by atoms with E-state index in [4.69, 9.17) is 0 Å². The second kappa shape index (κ2) is 6.50. The number of aromatic nitrogens is 2. The number of hydrogen-bond donors (Lipinski definition) is 2. The molecule has 108 valence electrons. The molecule has 0 saturated carbocycles. The summed E-state index contributed by atoms with van der Waals surface area (Å²) in [6, 6.07) is 0. The number of β-amino-alcohol motifs (C(OH)–C–C–N with tert-alkyl or cyclic N) is 1. The summed E-state index contributed by atoms with van der Waals surface area (Å²) in [6.45, 7) is 3.53. The highest BCUT2D eigenvalue weighted by Crippen LogP contribution is 2.17. The second-order valence-corrected chi connectivity index (χ2v) is 5.87.